The SMILES string of the molecule is CCOc1nc(N)nc(NCCC2CCN(C)CC2)n1. The first kappa shape index (κ1) is 14.8. The normalized spacial score (nSPS) is 17.1. The molecule has 2 heterocycles. The van der Waals surface area contributed by atoms with Crippen molar-refractivity contribution in [1.29, 1.82) is 0 Å². The lowest BCUT2D eigenvalue weighted by molar-refractivity contribution is 0.215. The van der Waals surface area contributed by atoms with Crippen LogP contribution < -0.4 is 15.8 Å². The van der Waals surface area contributed by atoms with E-state index in [1.807, 2.05) is 6.92 Å². The fraction of sp³-hybridized carbons (Fsp3) is 0.769. The second-order valence-electron chi connectivity index (χ2n) is 5.19. The number of nitrogens with zero attached hydrogens (tertiary/aromatic N) is 4. The summed E-state index contributed by atoms with van der Waals surface area (Å²) in [6.45, 7) is 5.63. The second kappa shape index (κ2) is 7.23. The Kier molecular flexibility index (Phi) is 5.34. The van der Waals surface area contributed by atoms with Crippen molar-refractivity contribution in [2.45, 2.75) is 26.2 Å². The van der Waals surface area contributed by atoms with Crippen LogP contribution in [0.2, 0.25) is 0 Å². The average Bonchev–Trinajstić information content (AvgIpc) is 2.41. The van der Waals surface area contributed by atoms with Crippen molar-refractivity contribution in [1.82, 2.24) is 19.9 Å². The number of ether oxygens (including phenoxy) is 1. The summed E-state index contributed by atoms with van der Waals surface area (Å²) in [7, 11) is 2.18. The van der Waals surface area contributed by atoms with E-state index in [4.69, 9.17) is 10.5 Å². The number of nitrogen functional groups attached to an aromatic ring is 1. The monoisotopic (exact) mass is 280 g/mol. The third-order valence-corrected chi connectivity index (χ3v) is 3.58. The predicted molar refractivity (Wildman–Crippen MR) is 78.7 cm³/mol. The summed E-state index contributed by atoms with van der Waals surface area (Å²) in [5, 5.41) is 3.21. The number of hydrogen-bond acceptors (Lipinski definition) is 7. The van der Waals surface area contributed by atoms with Crippen molar-refractivity contribution < 1.29 is 4.74 Å². The van der Waals surface area contributed by atoms with E-state index in [0.29, 0.717) is 12.6 Å². The van der Waals surface area contributed by atoms with Crippen molar-refractivity contribution in [2.75, 3.05) is 44.3 Å². The number of likely N-dealkylation sites (tertiary alicyclic amines) is 1. The minimum atomic E-state index is 0.185. The fourth-order valence-corrected chi connectivity index (χ4v) is 2.38. The van der Waals surface area contributed by atoms with Gasteiger partial charge in [0, 0.05) is 6.54 Å². The van der Waals surface area contributed by atoms with Crippen molar-refractivity contribution >= 4 is 11.9 Å². The number of nitrogens with two attached hydrogens (primary N) is 1. The van der Waals surface area contributed by atoms with Crippen LogP contribution in [-0.4, -0.2) is 53.1 Å². The van der Waals surface area contributed by atoms with Crippen LogP contribution in [0.15, 0.2) is 0 Å². The maximum atomic E-state index is 5.63. The standard InChI is InChI=1S/C13H24N6O/c1-3-20-13-17-11(14)16-12(18-13)15-7-4-10-5-8-19(2)9-6-10/h10H,3-9H2,1-2H3,(H3,14,15,16,17,18). The minimum Gasteiger partial charge on any atom is -0.464 e. The Bertz CT molecular complexity index is 419. The molecular weight excluding hydrogens is 256 g/mol. The van der Waals surface area contributed by atoms with E-state index in [9.17, 15) is 0 Å². The van der Waals surface area contributed by atoms with Crippen LogP contribution in [0.25, 0.3) is 0 Å². The van der Waals surface area contributed by atoms with Crippen molar-refractivity contribution in [3.05, 3.63) is 0 Å². The van der Waals surface area contributed by atoms with Gasteiger partial charge < -0.3 is 20.7 Å². The number of piperidine rings is 1. The van der Waals surface area contributed by atoms with Crippen LogP contribution in [0.5, 0.6) is 6.01 Å². The van der Waals surface area contributed by atoms with E-state index in [0.717, 1.165) is 18.9 Å². The lowest BCUT2D eigenvalue weighted by Gasteiger charge is -2.28. The first-order chi connectivity index (χ1) is 9.67. The third kappa shape index (κ3) is 4.48. The molecule has 0 aromatic carbocycles. The molecule has 0 amide bonds. The highest BCUT2D eigenvalue weighted by Gasteiger charge is 2.16. The van der Waals surface area contributed by atoms with E-state index in [2.05, 4.69) is 32.2 Å². The molecule has 112 valence electrons. The van der Waals surface area contributed by atoms with Gasteiger partial charge in [-0.15, -0.1) is 0 Å². The lowest BCUT2D eigenvalue weighted by atomic mass is 9.94. The molecule has 0 spiro atoms. The van der Waals surface area contributed by atoms with Gasteiger partial charge >= 0.3 is 6.01 Å². The molecule has 3 N–H and O–H groups in total. The molecule has 7 nitrogen and oxygen atoms in total. The molecule has 0 atom stereocenters. The summed E-state index contributed by atoms with van der Waals surface area (Å²) in [5.41, 5.74) is 5.63. The van der Waals surface area contributed by atoms with Gasteiger partial charge in [0.05, 0.1) is 6.61 Å². The highest BCUT2D eigenvalue weighted by Crippen LogP contribution is 2.19. The highest BCUT2D eigenvalue weighted by atomic mass is 16.5. The zero-order valence-electron chi connectivity index (χ0n) is 12.3. The van der Waals surface area contributed by atoms with Gasteiger partial charge in [-0.1, -0.05) is 0 Å². The quantitative estimate of drug-likeness (QED) is 0.803. The van der Waals surface area contributed by atoms with Crippen molar-refractivity contribution in [3.8, 4) is 6.01 Å². The highest BCUT2D eigenvalue weighted by molar-refractivity contribution is 5.32. The number of rotatable bonds is 6. The summed E-state index contributed by atoms with van der Waals surface area (Å²) in [4.78, 5) is 14.5. The molecular formula is C13H24N6O. The van der Waals surface area contributed by atoms with Gasteiger partial charge in [0.2, 0.25) is 11.9 Å². The molecule has 1 fully saturated rings. The van der Waals surface area contributed by atoms with Crippen LogP contribution >= 0.6 is 0 Å². The van der Waals surface area contributed by atoms with Gasteiger partial charge in [0.15, 0.2) is 0 Å². The first-order valence-corrected chi connectivity index (χ1v) is 7.24. The molecule has 7 heteroatoms. The van der Waals surface area contributed by atoms with E-state index >= 15 is 0 Å². The topological polar surface area (TPSA) is 89.2 Å². The Morgan fingerprint density at radius 2 is 2.05 bits per heavy atom. The van der Waals surface area contributed by atoms with Gasteiger partial charge in [-0.3, -0.25) is 0 Å². The van der Waals surface area contributed by atoms with Crippen LogP contribution in [-0.2, 0) is 0 Å². The largest absolute Gasteiger partial charge is 0.464 e. The zero-order valence-corrected chi connectivity index (χ0v) is 12.3. The summed E-state index contributed by atoms with van der Waals surface area (Å²) in [6.07, 6.45) is 3.66. The molecule has 2 rings (SSSR count). The molecule has 20 heavy (non-hydrogen) atoms. The van der Waals surface area contributed by atoms with Gasteiger partial charge in [0.1, 0.15) is 0 Å². The van der Waals surface area contributed by atoms with E-state index < -0.39 is 0 Å². The van der Waals surface area contributed by atoms with Gasteiger partial charge in [-0.2, -0.15) is 15.0 Å². The van der Waals surface area contributed by atoms with Crippen LogP contribution in [0, 0.1) is 5.92 Å². The molecule has 0 bridgehead atoms. The Morgan fingerprint density at radius 3 is 2.75 bits per heavy atom. The maximum absolute atomic E-state index is 5.63. The molecule has 0 unspecified atom stereocenters. The van der Waals surface area contributed by atoms with Gasteiger partial charge in [-0.05, 0) is 52.2 Å². The summed E-state index contributed by atoms with van der Waals surface area (Å²) < 4.78 is 5.25. The number of anilines is 2. The van der Waals surface area contributed by atoms with E-state index in [-0.39, 0.29) is 12.0 Å². The molecule has 0 saturated carbocycles. The molecule has 0 aliphatic carbocycles. The van der Waals surface area contributed by atoms with E-state index in [1.165, 1.54) is 25.9 Å². The lowest BCUT2D eigenvalue weighted by Crippen LogP contribution is -2.31. The average molecular weight is 280 g/mol. The van der Waals surface area contributed by atoms with Crippen molar-refractivity contribution in [3.63, 3.8) is 0 Å². The van der Waals surface area contributed by atoms with E-state index in [1.54, 1.807) is 0 Å². The summed E-state index contributed by atoms with van der Waals surface area (Å²) in [5.74, 6) is 1.46. The Balaban J connectivity index is 1.78. The molecule has 1 aliphatic rings. The second-order valence-corrected chi connectivity index (χ2v) is 5.19. The Labute approximate surface area is 119 Å². The smallest absolute Gasteiger partial charge is 0.323 e. The number of hydrogen-bond donors (Lipinski definition) is 2. The van der Waals surface area contributed by atoms with Crippen molar-refractivity contribution in [2.24, 2.45) is 5.92 Å². The van der Waals surface area contributed by atoms with Gasteiger partial charge in [-0.25, -0.2) is 0 Å². The van der Waals surface area contributed by atoms with Gasteiger partial charge in [0.25, 0.3) is 0 Å². The minimum absolute atomic E-state index is 0.185. The molecule has 1 aromatic heterocycles. The summed E-state index contributed by atoms with van der Waals surface area (Å²) >= 11 is 0. The zero-order chi connectivity index (χ0) is 14.4. The van der Waals surface area contributed by atoms with Crippen LogP contribution in [0.1, 0.15) is 26.2 Å². The molecule has 1 aromatic rings. The number of aromatic nitrogens is 3. The molecule has 1 aliphatic heterocycles. The fourth-order valence-electron chi connectivity index (χ4n) is 2.38. The predicted octanol–water partition coefficient (Wildman–Crippen LogP) is 0.996. The Hall–Kier alpha value is -1.63. The maximum Gasteiger partial charge on any atom is 0.323 e. The summed E-state index contributed by atoms with van der Waals surface area (Å²) in [6, 6.07) is 0.279. The third-order valence-electron chi connectivity index (χ3n) is 3.58. The number of nitrogens with one attached hydrogen (secondary N) is 1. The molecule has 1 saturated heterocycles. The van der Waals surface area contributed by atoms with Crippen LogP contribution in [0.4, 0.5) is 11.9 Å². The molecule has 0 radical (unpaired) electrons. The van der Waals surface area contributed by atoms with Crippen LogP contribution in [0.3, 0.4) is 0 Å². The first-order valence-electron chi connectivity index (χ1n) is 7.24. The Morgan fingerprint density at radius 1 is 1.30 bits per heavy atom.